The number of benzene rings is 1. The number of ether oxygens (including phenoxy) is 1. The summed E-state index contributed by atoms with van der Waals surface area (Å²) in [4.78, 5) is 9.13. The number of aryl methyl sites for hydroxylation is 3. The third-order valence-corrected chi connectivity index (χ3v) is 6.51. The lowest BCUT2D eigenvalue weighted by atomic mass is 10.1. The second-order valence-corrected chi connectivity index (χ2v) is 9.30. The van der Waals surface area contributed by atoms with Crippen LogP contribution in [0.5, 0.6) is 0 Å². The molecule has 1 aromatic carbocycles. The van der Waals surface area contributed by atoms with E-state index in [0.29, 0.717) is 35.8 Å². The highest BCUT2D eigenvalue weighted by molar-refractivity contribution is 7.89. The van der Waals surface area contributed by atoms with Crippen LogP contribution in [-0.2, 0) is 21.8 Å². The van der Waals surface area contributed by atoms with Gasteiger partial charge in [-0.05, 0) is 31.5 Å². The zero-order valence-corrected chi connectivity index (χ0v) is 18.9. The van der Waals surface area contributed by atoms with Crippen molar-refractivity contribution >= 4 is 15.8 Å². The molecule has 0 atom stereocenters. The van der Waals surface area contributed by atoms with Gasteiger partial charge in [0.25, 0.3) is 0 Å². The summed E-state index contributed by atoms with van der Waals surface area (Å²) in [6.45, 7) is 5.06. The first-order valence-electron chi connectivity index (χ1n) is 10.0. The number of sulfonamides is 1. The molecule has 11 heteroatoms. The lowest BCUT2D eigenvalue weighted by Crippen LogP contribution is -2.33. The van der Waals surface area contributed by atoms with Crippen LogP contribution in [0.2, 0.25) is 0 Å². The summed E-state index contributed by atoms with van der Waals surface area (Å²) in [6.07, 6.45) is 4.90. The molecule has 4 N–H and O–H groups in total. The fourth-order valence-corrected chi connectivity index (χ4v) is 4.47. The Morgan fingerprint density at radius 2 is 2.09 bits per heavy atom. The number of hydrogen-bond donors (Lipinski definition) is 3. The molecular formula is C21H25N7O3S. The lowest BCUT2D eigenvalue weighted by molar-refractivity contribution is 0.228. The van der Waals surface area contributed by atoms with Gasteiger partial charge in [-0.1, -0.05) is 6.07 Å². The van der Waals surface area contributed by atoms with Crippen molar-refractivity contribution < 1.29 is 13.2 Å². The summed E-state index contributed by atoms with van der Waals surface area (Å²) in [6, 6.07) is 4.91. The van der Waals surface area contributed by atoms with E-state index in [9.17, 15) is 8.42 Å². The SMILES string of the molecule is Cc1ccc(S(=O)(=O)NCC2=COCCN2)cc1-c1cnc(N)c(-c2cn(C)nc2C)n1. The van der Waals surface area contributed by atoms with Gasteiger partial charge in [-0.3, -0.25) is 4.68 Å². The number of nitrogens with zero attached hydrogens (tertiary/aromatic N) is 4. The number of anilines is 1. The maximum absolute atomic E-state index is 12.9. The summed E-state index contributed by atoms with van der Waals surface area (Å²) in [7, 11) is -1.93. The first-order chi connectivity index (χ1) is 15.2. The molecule has 168 valence electrons. The van der Waals surface area contributed by atoms with Gasteiger partial charge in [0.05, 0.1) is 34.7 Å². The summed E-state index contributed by atoms with van der Waals surface area (Å²) in [5.41, 5.74) is 10.9. The van der Waals surface area contributed by atoms with E-state index in [-0.39, 0.29) is 17.3 Å². The number of nitrogen functional groups attached to an aromatic ring is 1. The Bertz CT molecular complexity index is 1300. The van der Waals surface area contributed by atoms with E-state index in [0.717, 1.165) is 16.8 Å². The number of aromatic nitrogens is 4. The Morgan fingerprint density at radius 1 is 1.28 bits per heavy atom. The Morgan fingerprint density at radius 3 is 2.78 bits per heavy atom. The highest BCUT2D eigenvalue weighted by Crippen LogP contribution is 2.30. The Balaban J connectivity index is 1.68. The molecule has 3 heterocycles. The van der Waals surface area contributed by atoms with Crippen molar-refractivity contribution in [2.75, 3.05) is 25.4 Å². The number of hydrogen-bond acceptors (Lipinski definition) is 8. The predicted molar refractivity (Wildman–Crippen MR) is 121 cm³/mol. The van der Waals surface area contributed by atoms with Crippen molar-refractivity contribution in [3.8, 4) is 22.5 Å². The van der Waals surface area contributed by atoms with Crippen molar-refractivity contribution in [3.05, 3.63) is 53.8 Å². The highest BCUT2D eigenvalue weighted by atomic mass is 32.2. The fraction of sp³-hybridized carbons (Fsp3) is 0.286. The molecule has 1 aliphatic heterocycles. The monoisotopic (exact) mass is 455 g/mol. The van der Waals surface area contributed by atoms with Gasteiger partial charge in [0.1, 0.15) is 24.4 Å². The smallest absolute Gasteiger partial charge is 0.240 e. The number of nitrogens with one attached hydrogen (secondary N) is 2. The molecule has 0 saturated heterocycles. The third-order valence-electron chi connectivity index (χ3n) is 5.11. The van der Waals surface area contributed by atoms with E-state index < -0.39 is 10.0 Å². The van der Waals surface area contributed by atoms with Crippen LogP contribution in [0.3, 0.4) is 0 Å². The van der Waals surface area contributed by atoms with Crippen LogP contribution < -0.4 is 15.8 Å². The van der Waals surface area contributed by atoms with Crippen LogP contribution in [0.25, 0.3) is 22.5 Å². The van der Waals surface area contributed by atoms with Crippen molar-refractivity contribution in [1.29, 1.82) is 0 Å². The maximum Gasteiger partial charge on any atom is 0.240 e. The molecule has 10 nitrogen and oxygen atoms in total. The summed E-state index contributed by atoms with van der Waals surface area (Å²) < 4.78 is 35.3. The summed E-state index contributed by atoms with van der Waals surface area (Å²) in [5.74, 6) is 0.281. The average molecular weight is 456 g/mol. The minimum absolute atomic E-state index is 0.109. The van der Waals surface area contributed by atoms with E-state index in [1.165, 1.54) is 6.26 Å². The van der Waals surface area contributed by atoms with Crippen LogP contribution in [0.1, 0.15) is 11.3 Å². The van der Waals surface area contributed by atoms with Crippen molar-refractivity contribution in [1.82, 2.24) is 29.8 Å². The standard InChI is InChI=1S/C21H25N7O3S/c1-13-4-5-16(32(29,30)25-9-15-12-31-7-6-23-15)8-17(13)19-10-24-21(22)20(26-19)18-11-28(3)27-14(18)2/h4-5,8,10-12,23,25H,6-7,9H2,1-3H3,(H2,22,24). The van der Waals surface area contributed by atoms with Crippen LogP contribution in [-0.4, -0.2) is 47.9 Å². The lowest BCUT2D eigenvalue weighted by Gasteiger charge is -2.17. The van der Waals surface area contributed by atoms with Gasteiger partial charge >= 0.3 is 0 Å². The van der Waals surface area contributed by atoms with Crippen molar-refractivity contribution in [3.63, 3.8) is 0 Å². The second-order valence-electron chi connectivity index (χ2n) is 7.53. The van der Waals surface area contributed by atoms with E-state index in [2.05, 4.69) is 20.1 Å². The van der Waals surface area contributed by atoms with Gasteiger partial charge in [-0.2, -0.15) is 5.10 Å². The van der Waals surface area contributed by atoms with Gasteiger partial charge in [0.15, 0.2) is 0 Å². The topological polar surface area (TPSA) is 137 Å². The molecule has 2 aromatic heterocycles. The molecule has 0 amide bonds. The molecule has 0 unspecified atom stereocenters. The van der Waals surface area contributed by atoms with E-state index in [1.807, 2.05) is 27.1 Å². The third kappa shape index (κ3) is 4.43. The van der Waals surface area contributed by atoms with E-state index in [1.54, 1.807) is 29.1 Å². The van der Waals surface area contributed by atoms with Gasteiger partial charge in [-0.25, -0.2) is 23.1 Å². The van der Waals surface area contributed by atoms with Gasteiger partial charge in [-0.15, -0.1) is 0 Å². The largest absolute Gasteiger partial charge is 0.498 e. The Kier molecular flexibility index (Phi) is 5.85. The van der Waals surface area contributed by atoms with Crippen LogP contribution in [0.4, 0.5) is 5.82 Å². The first-order valence-corrected chi connectivity index (χ1v) is 11.5. The quantitative estimate of drug-likeness (QED) is 0.508. The number of nitrogens with two attached hydrogens (primary N) is 1. The molecule has 0 bridgehead atoms. The highest BCUT2D eigenvalue weighted by Gasteiger charge is 2.19. The van der Waals surface area contributed by atoms with Crippen LogP contribution >= 0.6 is 0 Å². The Hall–Kier alpha value is -3.44. The van der Waals surface area contributed by atoms with Gasteiger partial charge < -0.3 is 15.8 Å². The minimum Gasteiger partial charge on any atom is -0.498 e. The molecule has 0 spiro atoms. The maximum atomic E-state index is 12.9. The van der Waals surface area contributed by atoms with Crippen LogP contribution in [0, 0.1) is 13.8 Å². The van der Waals surface area contributed by atoms with Crippen molar-refractivity contribution in [2.24, 2.45) is 7.05 Å². The van der Waals surface area contributed by atoms with Crippen LogP contribution in [0.15, 0.2) is 47.4 Å². The molecule has 32 heavy (non-hydrogen) atoms. The minimum atomic E-state index is -3.75. The fourth-order valence-electron chi connectivity index (χ4n) is 3.43. The zero-order valence-electron chi connectivity index (χ0n) is 18.1. The summed E-state index contributed by atoms with van der Waals surface area (Å²) >= 11 is 0. The van der Waals surface area contributed by atoms with Crippen molar-refractivity contribution in [2.45, 2.75) is 18.7 Å². The molecule has 0 aliphatic carbocycles. The Labute approximate surface area is 186 Å². The molecule has 0 fully saturated rings. The van der Waals surface area contributed by atoms with E-state index >= 15 is 0 Å². The van der Waals surface area contributed by atoms with Gasteiger partial charge in [0.2, 0.25) is 10.0 Å². The average Bonchev–Trinajstić information content (AvgIpc) is 3.11. The molecule has 3 aromatic rings. The molecular weight excluding hydrogens is 430 g/mol. The molecule has 4 rings (SSSR count). The molecule has 0 saturated carbocycles. The number of rotatable bonds is 6. The normalized spacial score (nSPS) is 13.9. The first kappa shape index (κ1) is 21.8. The zero-order chi connectivity index (χ0) is 22.9. The predicted octanol–water partition coefficient (Wildman–Crippen LogP) is 1.48. The summed E-state index contributed by atoms with van der Waals surface area (Å²) in [5, 5.41) is 7.44. The molecule has 1 aliphatic rings. The molecule has 0 radical (unpaired) electrons. The van der Waals surface area contributed by atoms with E-state index in [4.69, 9.17) is 15.5 Å². The second kappa shape index (κ2) is 8.60. The van der Waals surface area contributed by atoms with Gasteiger partial charge in [0, 0.05) is 30.9 Å².